The van der Waals surface area contributed by atoms with Gasteiger partial charge < -0.3 is 4.90 Å². The van der Waals surface area contributed by atoms with E-state index >= 15 is 0 Å². The Morgan fingerprint density at radius 3 is 2.33 bits per heavy atom. The zero-order valence-corrected chi connectivity index (χ0v) is 16.6. The maximum atomic E-state index is 13.1. The quantitative estimate of drug-likeness (QED) is 0.706. The Morgan fingerprint density at radius 2 is 1.77 bits per heavy atom. The molecule has 3 amide bonds. The molecule has 2 unspecified atom stereocenters. The molecular formula is C20H20F3N5O2. The number of amides is 3. The Labute approximate surface area is 171 Å². The van der Waals surface area contributed by atoms with Crippen molar-refractivity contribution >= 4 is 23.6 Å². The highest BCUT2D eigenvalue weighted by Gasteiger charge is 2.55. The Morgan fingerprint density at radius 1 is 1.13 bits per heavy atom. The smallest absolute Gasteiger partial charge is 0.302 e. The van der Waals surface area contributed by atoms with Crippen LogP contribution in [0.15, 0.2) is 53.3 Å². The Balaban J connectivity index is 1.74. The van der Waals surface area contributed by atoms with Gasteiger partial charge in [0.25, 0.3) is 5.91 Å². The number of likely N-dealkylation sites (N-methyl/N-ethyl adjacent to an activating group) is 1. The molecule has 30 heavy (non-hydrogen) atoms. The summed E-state index contributed by atoms with van der Waals surface area (Å²) in [6.45, 7) is 7.31. The van der Waals surface area contributed by atoms with Crippen LogP contribution in [0.25, 0.3) is 0 Å². The number of carbonyl (C=O) groups excluding carboxylic acids is 2. The molecule has 1 aromatic carbocycles. The maximum Gasteiger partial charge on any atom is 0.416 e. The van der Waals surface area contributed by atoms with Gasteiger partial charge in [-0.2, -0.15) is 13.2 Å². The number of hydrogen-bond donors (Lipinski definition) is 0. The number of alkyl halides is 3. The van der Waals surface area contributed by atoms with Crippen LogP contribution in [0.4, 0.5) is 23.7 Å². The number of nitrogens with zero attached hydrogens (tertiary/aromatic N) is 5. The third kappa shape index (κ3) is 2.70. The van der Waals surface area contributed by atoms with E-state index in [9.17, 15) is 22.8 Å². The van der Waals surface area contributed by atoms with Gasteiger partial charge in [-0.15, -0.1) is 6.58 Å². The molecule has 158 valence electrons. The first kappa shape index (κ1) is 20.0. The second-order valence-electron chi connectivity index (χ2n) is 7.34. The molecule has 0 spiro atoms. The van der Waals surface area contributed by atoms with Crippen molar-refractivity contribution in [2.24, 2.45) is 4.99 Å². The lowest BCUT2D eigenvalue weighted by Gasteiger charge is -2.40. The van der Waals surface area contributed by atoms with Crippen LogP contribution in [0, 0.1) is 0 Å². The summed E-state index contributed by atoms with van der Waals surface area (Å²) in [5.41, 5.74) is 1.23. The largest absolute Gasteiger partial charge is 0.416 e. The third-order valence-electron chi connectivity index (χ3n) is 5.66. The Kier molecular flexibility index (Phi) is 4.41. The van der Waals surface area contributed by atoms with Crippen molar-refractivity contribution in [1.29, 1.82) is 0 Å². The van der Waals surface area contributed by atoms with Gasteiger partial charge >= 0.3 is 12.2 Å². The third-order valence-corrected chi connectivity index (χ3v) is 5.66. The highest BCUT2D eigenvalue weighted by molar-refractivity contribution is 6.10. The molecule has 1 aromatic rings. The monoisotopic (exact) mass is 419 g/mol. The molecule has 0 aromatic heterocycles. The SMILES string of the molecule is C=CCN1C(=O)C2C(N=C3N(c4ccc(C(F)(F)F)cc4)C(C)=C(C)N32)N(C)C1=O. The number of aliphatic imine (C=N–C) groups is 1. The molecule has 10 heteroatoms. The number of carbonyl (C=O) groups is 2. The molecule has 7 nitrogen and oxygen atoms in total. The average Bonchev–Trinajstić information content (AvgIpc) is 3.19. The van der Waals surface area contributed by atoms with E-state index in [1.807, 2.05) is 13.8 Å². The summed E-state index contributed by atoms with van der Waals surface area (Å²) in [6, 6.07) is 3.55. The summed E-state index contributed by atoms with van der Waals surface area (Å²) in [4.78, 5) is 36.3. The van der Waals surface area contributed by atoms with Gasteiger partial charge in [-0.05, 0) is 38.1 Å². The molecule has 3 heterocycles. The van der Waals surface area contributed by atoms with Gasteiger partial charge in [0, 0.05) is 30.7 Å². The average molecular weight is 419 g/mol. The molecule has 3 aliphatic rings. The second-order valence-corrected chi connectivity index (χ2v) is 7.34. The molecule has 0 saturated carbocycles. The zero-order chi connectivity index (χ0) is 22.0. The summed E-state index contributed by atoms with van der Waals surface area (Å²) in [5, 5.41) is 0. The minimum Gasteiger partial charge on any atom is -0.302 e. The molecule has 2 atom stereocenters. The second kappa shape index (κ2) is 6.61. The highest BCUT2D eigenvalue weighted by atomic mass is 19.4. The fourth-order valence-corrected chi connectivity index (χ4v) is 4.02. The number of hydrogen-bond acceptors (Lipinski definition) is 5. The van der Waals surface area contributed by atoms with Crippen molar-refractivity contribution < 1.29 is 22.8 Å². The Bertz CT molecular complexity index is 999. The van der Waals surface area contributed by atoms with E-state index in [1.165, 1.54) is 23.1 Å². The molecular weight excluding hydrogens is 399 g/mol. The zero-order valence-electron chi connectivity index (χ0n) is 16.6. The van der Waals surface area contributed by atoms with Gasteiger partial charge in [0.1, 0.15) is 0 Å². The summed E-state index contributed by atoms with van der Waals surface area (Å²) < 4.78 is 38.8. The molecule has 0 N–H and O–H groups in total. The van der Waals surface area contributed by atoms with Crippen molar-refractivity contribution in [2.75, 3.05) is 18.5 Å². The van der Waals surface area contributed by atoms with Crippen molar-refractivity contribution in [3.8, 4) is 0 Å². The fraction of sp³-hybridized carbons (Fsp3) is 0.350. The normalized spacial score (nSPS) is 23.9. The van der Waals surface area contributed by atoms with Crippen LogP contribution in [0.5, 0.6) is 0 Å². The number of anilines is 1. The molecule has 1 fully saturated rings. The molecule has 0 aliphatic carbocycles. The predicted molar refractivity (Wildman–Crippen MR) is 104 cm³/mol. The van der Waals surface area contributed by atoms with E-state index in [1.54, 1.807) is 16.8 Å². The molecule has 0 radical (unpaired) electrons. The predicted octanol–water partition coefficient (Wildman–Crippen LogP) is 3.22. The molecule has 3 aliphatic heterocycles. The first-order chi connectivity index (χ1) is 14.1. The number of fused-ring (bicyclic) bond motifs is 3. The van der Waals surface area contributed by atoms with Crippen LogP contribution >= 0.6 is 0 Å². The number of imide groups is 1. The summed E-state index contributed by atoms with van der Waals surface area (Å²) in [5.74, 6) is 0.0244. The van der Waals surface area contributed by atoms with Crippen LogP contribution < -0.4 is 4.90 Å². The lowest BCUT2D eigenvalue weighted by atomic mass is 10.1. The van der Waals surface area contributed by atoms with Gasteiger partial charge in [-0.3, -0.25) is 19.5 Å². The topological polar surface area (TPSA) is 59.5 Å². The summed E-state index contributed by atoms with van der Waals surface area (Å²) in [7, 11) is 1.57. The molecule has 1 saturated heterocycles. The highest BCUT2D eigenvalue weighted by Crippen LogP contribution is 2.40. The molecule has 4 rings (SSSR count). The van der Waals surface area contributed by atoms with E-state index in [2.05, 4.69) is 11.6 Å². The van der Waals surface area contributed by atoms with Crippen LogP contribution in [0.3, 0.4) is 0 Å². The van der Waals surface area contributed by atoms with E-state index in [4.69, 9.17) is 0 Å². The summed E-state index contributed by atoms with van der Waals surface area (Å²) >= 11 is 0. The minimum absolute atomic E-state index is 0.0821. The van der Waals surface area contributed by atoms with E-state index in [0.717, 1.165) is 28.4 Å². The number of guanidine groups is 1. The number of halogens is 3. The Hall–Kier alpha value is -3.30. The number of rotatable bonds is 3. The van der Waals surface area contributed by atoms with Crippen LogP contribution in [0.2, 0.25) is 0 Å². The lowest BCUT2D eigenvalue weighted by molar-refractivity contribution is -0.138. The van der Waals surface area contributed by atoms with Crippen molar-refractivity contribution in [3.05, 3.63) is 53.9 Å². The van der Waals surface area contributed by atoms with Crippen molar-refractivity contribution in [2.45, 2.75) is 32.2 Å². The first-order valence-electron chi connectivity index (χ1n) is 9.29. The number of benzene rings is 1. The van der Waals surface area contributed by atoms with Crippen LogP contribution in [-0.2, 0) is 11.0 Å². The maximum absolute atomic E-state index is 13.1. The summed E-state index contributed by atoms with van der Waals surface area (Å²) in [6.07, 6.45) is -3.67. The van der Waals surface area contributed by atoms with Crippen molar-refractivity contribution in [1.82, 2.24) is 14.7 Å². The van der Waals surface area contributed by atoms with Gasteiger partial charge in [-0.25, -0.2) is 9.79 Å². The minimum atomic E-state index is -4.43. The number of allylic oxidation sites excluding steroid dienone is 2. The van der Waals surface area contributed by atoms with E-state index in [0.29, 0.717) is 11.6 Å². The standard InChI is InChI=1S/C20H20F3N5O2/c1-5-10-26-17(29)15-16(25(4)19(26)30)24-18-27(11(2)12(3)28(15)18)14-8-6-13(7-9-14)20(21,22)23/h5-9,15-16H,1,10H2,2-4H3. The number of urea groups is 1. The fourth-order valence-electron chi connectivity index (χ4n) is 4.02. The van der Waals surface area contributed by atoms with Crippen molar-refractivity contribution in [3.63, 3.8) is 0 Å². The molecule has 0 bridgehead atoms. The van der Waals surface area contributed by atoms with Gasteiger partial charge in [0.2, 0.25) is 5.96 Å². The lowest BCUT2D eigenvalue weighted by Crippen LogP contribution is -2.64. The van der Waals surface area contributed by atoms with E-state index < -0.39 is 30.0 Å². The van der Waals surface area contributed by atoms with Crippen LogP contribution in [-0.4, -0.2) is 58.4 Å². The van der Waals surface area contributed by atoms with Gasteiger partial charge in [0.05, 0.1) is 5.56 Å². The van der Waals surface area contributed by atoms with E-state index in [-0.39, 0.29) is 12.5 Å². The first-order valence-corrected chi connectivity index (χ1v) is 9.29. The van der Waals surface area contributed by atoms with Gasteiger partial charge in [0.15, 0.2) is 12.2 Å². The van der Waals surface area contributed by atoms with Crippen LogP contribution in [0.1, 0.15) is 19.4 Å². The van der Waals surface area contributed by atoms with Gasteiger partial charge in [-0.1, -0.05) is 6.08 Å².